The molecule has 0 heterocycles. The van der Waals surface area contributed by atoms with Crippen LogP contribution >= 0.6 is 0 Å². The number of nitrogens with one attached hydrogen (secondary N) is 1. The maximum absolute atomic E-state index is 10.8. The molecule has 0 saturated carbocycles. The van der Waals surface area contributed by atoms with E-state index in [4.69, 9.17) is 10.8 Å². The molecule has 0 spiro atoms. The number of aliphatic hydroxyl groups is 1. The summed E-state index contributed by atoms with van der Waals surface area (Å²) in [6, 6.07) is -0.152. The Hall–Kier alpha value is -0.610. The zero-order valence-electron chi connectivity index (χ0n) is 7.71. The number of aliphatic hydroxyl groups excluding tert-OH is 1. The Morgan fingerprint density at radius 3 is 2.50 bits per heavy atom. The highest BCUT2D eigenvalue weighted by atomic mass is 16.3. The molecule has 0 aliphatic rings. The number of carbonyl (C=O) groups is 1. The predicted molar refractivity (Wildman–Crippen MR) is 47.5 cm³/mol. The van der Waals surface area contributed by atoms with Crippen LogP contribution in [0.2, 0.25) is 0 Å². The second kappa shape index (κ2) is 5.97. The summed E-state index contributed by atoms with van der Waals surface area (Å²) in [5.41, 5.74) is 5.11. The average Bonchev–Trinajstić information content (AvgIpc) is 2.02. The summed E-state index contributed by atoms with van der Waals surface area (Å²) in [5, 5.41) is 11.5. The van der Waals surface area contributed by atoms with Gasteiger partial charge in [-0.15, -0.1) is 0 Å². The van der Waals surface area contributed by atoms with E-state index in [0.717, 1.165) is 6.42 Å². The lowest BCUT2D eigenvalue weighted by Gasteiger charge is -2.17. The highest BCUT2D eigenvalue weighted by Gasteiger charge is 2.11. The fourth-order valence-corrected chi connectivity index (χ4v) is 1.03. The molecule has 4 nitrogen and oxygen atoms in total. The topological polar surface area (TPSA) is 75.3 Å². The first-order chi connectivity index (χ1) is 5.60. The molecule has 0 aromatic rings. The van der Waals surface area contributed by atoms with Gasteiger partial charge in [-0.1, -0.05) is 13.8 Å². The van der Waals surface area contributed by atoms with Gasteiger partial charge in [0.1, 0.15) is 0 Å². The first kappa shape index (κ1) is 11.4. The van der Waals surface area contributed by atoms with Crippen molar-refractivity contribution in [3.63, 3.8) is 0 Å². The van der Waals surface area contributed by atoms with Crippen LogP contribution in [0.15, 0.2) is 0 Å². The molecule has 0 saturated heterocycles. The Balaban J connectivity index is 3.74. The van der Waals surface area contributed by atoms with Crippen LogP contribution in [0.1, 0.15) is 20.3 Å². The highest BCUT2D eigenvalue weighted by molar-refractivity contribution is 5.78. The van der Waals surface area contributed by atoms with Crippen LogP contribution in [-0.4, -0.2) is 30.2 Å². The summed E-state index contributed by atoms with van der Waals surface area (Å²) in [6.45, 7) is 4.03. The molecule has 4 N–H and O–H groups in total. The third-order valence-electron chi connectivity index (χ3n) is 1.53. The second-order valence-corrected chi connectivity index (χ2v) is 3.28. The predicted octanol–water partition coefficient (Wildman–Crippen LogP) is -0.532. The van der Waals surface area contributed by atoms with E-state index >= 15 is 0 Å². The van der Waals surface area contributed by atoms with E-state index < -0.39 is 0 Å². The van der Waals surface area contributed by atoms with E-state index in [-0.39, 0.29) is 25.1 Å². The molecular formula is C8H18N2O2. The monoisotopic (exact) mass is 174 g/mol. The summed E-state index contributed by atoms with van der Waals surface area (Å²) in [4.78, 5) is 10.8. The molecule has 12 heavy (non-hydrogen) atoms. The minimum absolute atomic E-state index is 0.0193. The fourth-order valence-electron chi connectivity index (χ4n) is 1.03. The van der Waals surface area contributed by atoms with Gasteiger partial charge in [0.15, 0.2) is 0 Å². The number of hydrogen-bond donors (Lipinski definition) is 3. The molecule has 1 amide bonds. The summed E-state index contributed by atoms with van der Waals surface area (Å²) >= 11 is 0. The molecule has 0 aromatic heterocycles. The largest absolute Gasteiger partial charge is 0.394 e. The lowest BCUT2D eigenvalue weighted by molar-refractivity contribution is -0.120. The molecule has 0 bridgehead atoms. The van der Waals surface area contributed by atoms with Crippen LogP contribution in [-0.2, 0) is 4.79 Å². The SMILES string of the molecule is CC(C)CC(CO)NC(=O)CN. The molecule has 1 unspecified atom stereocenters. The van der Waals surface area contributed by atoms with Crippen molar-refractivity contribution in [1.82, 2.24) is 5.32 Å². The number of carbonyl (C=O) groups excluding carboxylic acids is 1. The van der Waals surface area contributed by atoms with Crippen LogP contribution in [0, 0.1) is 5.92 Å². The van der Waals surface area contributed by atoms with Crippen LogP contribution in [0.4, 0.5) is 0 Å². The van der Waals surface area contributed by atoms with Crippen molar-refractivity contribution in [1.29, 1.82) is 0 Å². The molecule has 0 rings (SSSR count). The molecule has 0 aliphatic carbocycles. The lowest BCUT2D eigenvalue weighted by atomic mass is 10.0. The minimum atomic E-state index is -0.213. The van der Waals surface area contributed by atoms with Crippen LogP contribution in [0.3, 0.4) is 0 Å². The molecule has 0 radical (unpaired) electrons. The van der Waals surface area contributed by atoms with Gasteiger partial charge in [-0.3, -0.25) is 4.79 Å². The molecular weight excluding hydrogens is 156 g/mol. The minimum Gasteiger partial charge on any atom is -0.394 e. The summed E-state index contributed by atoms with van der Waals surface area (Å²) in [7, 11) is 0. The van der Waals surface area contributed by atoms with E-state index in [0.29, 0.717) is 5.92 Å². The summed E-state index contributed by atoms with van der Waals surface area (Å²) in [6.07, 6.45) is 0.780. The van der Waals surface area contributed by atoms with Crippen molar-refractivity contribution in [3.8, 4) is 0 Å². The zero-order chi connectivity index (χ0) is 9.56. The molecule has 72 valence electrons. The van der Waals surface area contributed by atoms with Gasteiger partial charge in [0.25, 0.3) is 0 Å². The molecule has 0 aliphatic heterocycles. The number of hydrogen-bond acceptors (Lipinski definition) is 3. The summed E-state index contributed by atoms with van der Waals surface area (Å²) < 4.78 is 0. The van der Waals surface area contributed by atoms with Crippen molar-refractivity contribution in [2.24, 2.45) is 11.7 Å². The van der Waals surface area contributed by atoms with Gasteiger partial charge in [0.05, 0.1) is 19.2 Å². The van der Waals surface area contributed by atoms with Gasteiger partial charge >= 0.3 is 0 Å². The van der Waals surface area contributed by atoms with Crippen molar-refractivity contribution in [3.05, 3.63) is 0 Å². The maximum atomic E-state index is 10.8. The Morgan fingerprint density at radius 2 is 2.17 bits per heavy atom. The van der Waals surface area contributed by atoms with E-state index in [9.17, 15) is 4.79 Å². The normalized spacial score (nSPS) is 13.1. The van der Waals surface area contributed by atoms with E-state index in [1.54, 1.807) is 0 Å². The van der Waals surface area contributed by atoms with Gasteiger partial charge in [0, 0.05) is 0 Å². The summed E-state index contributed by atoms with van der Waals surface area (Å²) in [5.74, 6) is 0.245. The number of rotatable bonds is 5. The third-order valence-corrected chi connectivity index (χ3v) is 1.53. The van der Waals surface area contributed by atoms with E-state index in [1.165, 1.54) is 0 Å². The highest BCUT2D eigenvalue weighted by Crippen LogP contribution is 2.03. The van der Waals surface area contributed by atoms with E-state index in [2.05, 4.69) is 5.32 Å². The zero-order valence-corrected chi connectivity index (χ0v) is 7.71. The van der Waals surface area contributed by atoms with E-state index in [1.807, 2.05) is 13.8 Å². The van der Waals surface area contributed by atoms with Gasteiger partial charge in [-0.25, -0.2) is 0 Å². The Labute approximate surface area is 73.1 Å². The lowest BCUT2D eigenvalue weighted by Crippen LogP contribution is -2.41. The smallest absolute Gasteiger partial charge is 0.234 e. The molecule has 1 atom stereocenters. The fraction of sp³-hybridized carbons (Fsp3) is 0.875. The third kappa shape index (κ3) is 5.09. The molecule has 4 heteroatoms. The maximum Gasteiger partial charge on any atom is 0.234 e. The van der Waals surface area contributed by atoms with Crippen molar-refractivity contribution in [2.45, 2.75) is 26.3 Å². The van der Waals surface area contributed by atoms with Gasteiger partial charge < -0.3 is 16.2 Å². The van der Waals surface area contributed by atoms with Gasteiger partial charge in [-0.05, 0) is 12.3 Å². The van der Waals surface area contributed by atoms with Crippen LogP contribution in [0.5, 0.6) is 0 Å². The van der Waals surface area contributed by atoms with Crippen molar-refractivity contribution < 1.29 is 9.90 Å². The van der Waals surface area contributed by atoms with Crippen LogP contribution in [0.25, 0.3) is 0 Å². The van der Waals surface area contributed by atoms with Crippen LogP contribution < -0.4 is 11.1 Å². The number of amides is 1. The van der Waals surface area contributed by atoms with Gasteiger partial charge in [0.2, 0.25) is 5.91 Å². The first-order valence-electron chi connectivity index (χ1n) is 4.20. The number of nitrogens with two attached hydrogens (primary N) is 1. The molecule has 0 aromatic carbocycles. The molecule has 0 fully saturated rings. The average molecular weight is 174 g/mol. The van der Waals surface area contributed by atoms with Crippen molar-refractivity contribution >= 4 is 5.91 Å². The second-order valence-electron chi connectivity index (χ2n) is 3.28. The Kier molecular flexibility index (Phi) is 5.66. The quantitative estimate of drug-likeness (QED) is 0.524. The van der Waals surface area contributed by atoms with Crippen molar-refractivity contribution in [2.75, 3.05) is 13.2 Å². The van der Waals surface area contributed by atoms with Gasteiger partial charge in [-0.2, -0.15) is 0 Å². The standard InChI is InChI=1S/C8H18N2O2/c1-6(2)3-7(5-11)10-8(12)4-9/h6-7,11H,3-5,9H2,1-2H3,(H,10,12). The Morgan fingerprint density at radius 1 is 1.58 bits per heavy atom. The Bertz CT molecular complexity index is 137. The first-order valence-corrected chi connectivity index (χ1v) is 4.20.